The van der Waals surface area contributed by atoms with Crippen LogP contribution in [0.15, 0.2) is 6.20 Å². The fraction of sp³-hybridized carbons (Fsp3) is 0.167. The molecule has 0 aliphatic carbocycles. The number of H-pyrrole nitrogens is 1. The summed E-state index contributed by atoms with van der Waals surface area (Å²) in [5.41, 5.74) is -0.167. The molecule has 0 aliphatic rings. The molecule has 0 saturated carbocycles. The Morgan fingerprint density at radius 1 is 1.67 bits per heavy atom. The zero-order valence-electron chi connectivity index (χ0n) is 6.29. The van der Waals surface area contributed by atoms with E-state index in [1.807, 2.05) is 0 Å². The van der Waals surface area contributed by atoms with E-state index in [9.17, 15) is 9.59 Å². The summed E-state index contributed by atoms with van der Waals surface area (Å²) >= 11 is 0. The molecule has 64 valence electrons. The number of nitrogens with one attached hydrogen (secondary N) is 2. The molecular weight excluding hydrogens is 162 g/mol. The lowest BCUT2D eigenvalue weighted by molar-refractivity contribution is 0.0691. The summed E-state index contributed by atoms with van der Waals surface area (Å²) in [5.74, 6) is -1.67. The second kappa shape index (κ2) is 3.04. The van der Waals surface area contributed by atoms with E-state index >= 15 is 0 Å². The van der Waals surface area contributed by atoms with Gasteiger partial charge in [-0.2, -0.15) is 5.10 Å². The van der Waals surface area contributed by atoms with Crippen molar-refractivity contribution in [2.75, 3.05) is 7.05 Å². The molecule has 6 nitrogen and oxygen atoms in total. The van der Waals surface area contributed by atoms with Gasteiger partial charge in [-0.05, 0) is 0 Å². The summed E-state index contributed by atoms with van der Waals surface area (Å²) in [7, 11) is 1.41. The molecule has 12 heavy (non-hydrogen) atoms. The number of nitrogens with zero attached hydrogens (tertiary/aromatic N) is 1. The van der Waals surface area contributed by atoms with Crippen molar-refractivity contribution in [3.8, 4) is 0 Å². The lowest BCUT2D eigenvalue weighted by Gasteiger charge is -1.95. The number of carboxylic acids is 1. The van der Waals surface area contributed by atoms with Gasteiger partial charge < -0.3 is 10.4 Å². The number of carbonyl (C=O) groups excluding carboxylic acids is 1. The molecule has 1 rings (SSSR count). The molecule has 6 heteroatoms. The van der Waals surface area contributed by atoms with Gasteiger partial charge in [0.25, 0.3) is 5.91 Å². The Balaban J connectivity index is 3.07. The van der Waals surface area contributed by atoms with Gasteiger partial charge in [-0.1, -0.05) is 0 Å². The molecular formula is C6H7N3O3. The van der Waals surface area contributed by atoms with Crippen LogP contribution in [-0.4, -0.2) is 34.2 Å². The molecule has 1 aromatic heterocycles. The minimum Gasteiger partial charge on any atom is -0.478 e. The molecule has 0 bridgehead atoms. The zero-order valence-corrected chi connectivity index (χ0v) is 6.29. The molecule has 0 fully saturated rings. The van der Waals surface area contributed by atoms with Gasteiger partial charge in [-0.15, -0.1) is 0 Å². The van der Waals surface area contributed by atoms with Crippen LogP contribution >= 0.6 is 0 Å². The predicted molar refractivity (Wildman–Crippen MR) is 38.9 cm³/mol. The van der Waals surface area contributed by atoms with Crippen molar-refractivity contribution in [3.63, 3.8) is 0 Å². The first-order valence-corrected chi connectivity index (χ1v) is 3.15. The Hall–Kier alpha value is -1.85. The van der Waals surface area contributed by atoms with Gasteiger partial charge >= 0.3 is 5.97 Å². The highest BCUT2D eigenvalue weighted by Gasteiger charge is 2.17. The zero-order chi connectivity index (χ0) is 9.14. The second-order valence-corrected chi connectivity index (χ2v) is 2.04. The normalized spacial score (nSPS) is 9.42. The van der Waals surface area contributed by atoms with Gasteiger partial charge in [0.15, 0.2) is 0 Å². The van der Waals surface area contributed by atoms with Crippen LogP contribution in [0.5, 0.6) is 0 Å². The number of carbonyl (C=O) groups is 2. The van der Waals surface area contributed by atoms with Crippen LogP contribution in [0.2, 0.25) is 0 Å². The topological polar surface area (TPSA) is 95.1 Å². The summed E-state index contributed by atoms with van der Waals surface area (Å²) < 4.78 is 0. The van der Waals surface area contributed by atoms with Gasteiger partial charge in [-0.3, -0.25) is 9.89 Å². The maximum Gasteiger partial charge on any atom is 0.339 e. The van der Waals surface area contributed by atoms with Crippen LogP contribution in [-0.2, 0) is 0 Å². The molecule has 0 aromatic carbocycles. The number of rotatable bonds is 2. The van der Waals surface area contributed by atoms with E-state index in [0.717, 1.165) is 6.20 Å². The first kappa shape index (κ1) is 8.25. The fourth-order valence-electron chi connectivity index (χ4n) is 0.746. The molecule has 1 amide bonds. The molecule has 0 unspecified atom stereocenters. The van der Waals surface area contributed by atoms with Crippen molar-refractivity contribution >= 4 is 11.9 Å². The molecule has 0 atom stereocenters. The summed E-state index contributed by atoms with van der Waals surface area (Å²) in [5, 5.41) is 16.6. The van der Waals surface area contributed by atoms with Crippen molar-refractivity contribution < 1.29 is 14.7 Å². The summed E-state index contributed by atoms with van der Waals surface area (Å²) in [6, 6.07) is 0. The van der Waals surface area contributed by atoms with Crippen molar-refractivity contribution in [1.82, 2.24) is 15.5 Å². The highest BCUT2D eigenvalue weighted by atomic mass is 16.4. The average molecular weight is 169 g/mol. The summed E-state index contributed by atoms with van der Waals surface area (Å²) in [6.45, 7) is 0. The number of hydrogen-bond acceptors (Lipinski definition) is 3. The first-order chi connectivity index (χ1) is 5.66. The third kappa shape index (κ3) is 1.26. The summed E-state index contributed by atoms with van der Waals surface area (Å²) in [4.78, 5) is 21.4. The van der Waals surface area contributed by atoms with Crippen LogP contribution in [0, 0.1) is 0 Å². The Bertz CT molecular complexity index is 318. The van der Waals surface area contributed by atoms with E-state index in [0.29, 0.717) is 0 Å². The third-order valence-electron chi connectivity index (χ3n) is 1.32. The number of aromatic amines is 1. The van der Waals surface area contributed by atoms with Gasteiger partial charge in [-0.25, -0.2) is 4.79 Å². The largest absolute Gasteiger partial charge is 0.478 e. The minimum absolute atomic E-state index is 0.0370. The fourth-order valence-corrected chi connectivity index (χ4v) is 0.746. The van der Waals surface area contributed by atoms with Crippen molar-refractivity contribution in [2.24, 2.45) is 0 Å². The van der Waals surface area contributed by atoms with Crippen LogP contribution in [0.1, 0.15) is 20.8 Å². The van der Waals surface area contributed by atoms with Crippen molar-refractivity contribution in [1.29, 1.82) is 0 Å². The number of carboxylic acid groups (broad SMARTS) is 1. The van der Waals surface area contributed by atoms with Crippen LogP contribution in [0.3, 0.4) is 0 Å². The lowest BCUT2D eigenvalue weighted by Crippen LogP contribution is -2.20. The van der Waals surface area contributed by atoms with Gasteiger partial charge in [0.05, 0.1) is 6.20 Å². The van der Waals surface area contributed by atoms with E-state index in [1.54, 1.807) is 0 Å². The number of aromatic nitrogens is 2. The van der Waals surface area contributed by atoms with Crippen LogP contribution in [0.25, 0.3) is 0 Å². The molecule has 0 spiro atoms. The summed E-state index contributed by atoms with van der Waals surface area (Å²) in [6.07, 6.45) is 1.09. The number of hydrogen-bond donors (Lipinski definition) is 3. The monoisotopic (exact) mass is 169 g/mol. The molecule has 0 radical (unpaired) electrons. The van der Waals surface area contributed by atoms with Crippen molar-refractivity contribution in [3.05, 3.63) is 17.5 Å². The molecule has 3 N–H and O–H groups in total. The highest BCUT2D eigenvalue weighted by Crippen LogP contribution is 2.03. The van der Waals surface area contributed by atoms with E-state index < -0.39 is 11.9 Å². The lowest BCUT2D eigenvalue weighted by atomic mass is 10.2. The standard InChI is InChI=1S/C6H7N3O3/c1-7-5(10)4-3(6(11)12)2-8-9-4/h2H,1H3,(H,7,10)(H,8,9)(H,11,12). The van der Waals surface area contributed by atoms with Gasteiger partial charge in [0.1, 0.15) is 11.3 Å². The highest BCUT2D eigenvalue weighted by molar-refractivity contribution is 6.02. The van der Waals surface area contributed by atoms with Gasteiger partial charge in [0, 0.05) is 7.05 Å². The number of amides is 1. The van der Waals surface area contributed by atoms with E-state index in [-0.39, 0.29) is 11.3 Å². The maximum absolute atomic E-state index is 11.0. The quantitative estimate of drug-likeness (QED) is 0.554. The molecule has 1 aromatic rings. The second-order valence-electron chi connectivity index (χ2n) is 2.04. The minimum atomic E-state index is -1.18. The maximum atomic E-state index is 11.0. The average Bonchev–Trinajstić information content (AvgIpc) is 2.50. The molecule has 0 aliphatic heterocycles. The predicted octanol–water partition coefficient (Wildman–Crippen LogP) is -0.533. The Morgan fingerprint density at radius 3 is 2.83 bits per heavy atom. The Morgan fingerprint density at radius 2 is 2.33 bits per heavy atom. The first-order valence-electron chi connectivity index (χ1n) is 3.15. The van der Waals surface area contributed by atoms with Gasteiger partial charge in [0.2, 0.25) is 0 Å². The Kier molecular flexibility index (Phi) is 2.09. The Labute approximate surface area is 67.6 Å². The third-order valence-corrected chi connectivity index (χ3v) is 1.32. The van der Waals surface area contributed by atoms with Crippen LogP contribution in [0.4, 0.5) is 0 Å². The van der Waals surface area contributed by atoms with Crippen LogP contribution < -0.4 is 5.32 Å². The molecule has 1 heterocycles. The van der Waals surface area contributed by atoms with E-state index in [1.165, 1.54) is 7.05 Å². The SMILES string of the molecule is CNC(=O)c1[nH]ncc1C(=O)O. The smallest absolute Gasteiger partial charge is 0.339 e. The number of aromatic carboxylic acids is 1. The molecule has 0 saturated heterocycles. The van der Waals surface area contributed by atoms with E-state index in [4.69, 9.17) is 5.11 Å². The van der Waals surface area contributed by atoms with E-state index in [2.05, 4.69) is 15.5 Å². The van der Waals surface area contributed by atoms with Crippen molar-refractivity contribution in [2.45, 2.75) is 0 Å².